The van der Waals surface area contributed by atoms with E-state index in [1.807, 2.05) is 35.6 Å². The van der Waals surface area contributed by atoms with Gasteiger partial charge in [-0.05, 0) is 72.8 Å². The summed E-state index contributed by atoms with van der Waals surface area (Å²) >= 11 is 1.84. The number of thiophene rings is 1. The predicted molar refractivity (Wildman–Crippen MR) is 130 cm³/mol. The Hall–Kier alpha value is -2.47. The molecule has 31 heavy (non-hydrogen) atoms. The van der Waals surface area contributed by atoms with E-state index in [0.717, 1.165) is 51.4 Å². The Balaban J connectivity index is 1.28. The molecule has 0 unspecified atom stereocenters. The molecule has 162 valence electrons. The van der Waals surface area contributed by atoms with E-state index in [0.29, 0.717) is 5.56 Å². The highest BCUT2D eigenvalue weighted by atomic mass is 32.1. The first-order valence-corrected chi connectivity index (χ1v) is 12.0. The zero-order valence-corrected chi connectivity index (χ0v) is 19.0. The standard InChI is InChI=1S/C26H31N3OS/c1-2-21-8-12-24(13-9-21)27-26(30)23-10-6-22(7-11-23)19-28-14-4-15-29(17-16-28)20-25-5-3-18-31-25/h3,5-13,18H,2,4,14-17,19-20H2,1H3,(H,27,30). The van der Waals surface area contributed by atoms with Crippen molar-refractivity contribution in [2.75, 3.05) is 31.5 Å². The highest BCUT2D eigenvalue weighted by molar-refractivity contribution is 7.09. The number of anilines is 1. The molecule has 2 aromatic carbocycles. The molecule has 1 fully saturated rings. The van der Waals surface area contributed by atoms with Gasteiger partial charge in [0.1, 0.15) is 0 Å². The minimum atomic E-state index is -0.0604. The van der Waals surface area contributed by atoms with Gasteiger partial charge in [-0.1, -0.05) is 37.3 Å². The van der Waals surface area contributed by atoms with Crippen LogP contribution in [0.2, 0.25) is 0 Å². The SMILES string of the molecule is CCc1ccc(NC(=O)c2ccc(CN3CCCN(Cc4cccs4)CC3)cc2)cc1. The fourth-order valence-electron chi connectivity index (χ4n) is 4.01. The lowest BCUT2D eigenvalue weighted by Crippen LogP contribution is -2.30. The van der Waals surface area contributed by atoms with E-state index >= 15 is 0 Å². The molecule has 1 amide bonds. The van der Waals surface area contributed by atoms with E-state index in [1.54, 1.807) is 0 Å². The molecule has 1 aliphatic rings. The van der Waals surface area contributed by atoms with E-state index < -0.39 is 0 Å². The summed E-state index contributed by atoms with van der Waals surface area (Å²) < 4.78 is 0. The fourth-order valence-corrected chi connectivity index (χ4v) is 4.76. The average molecular weight is 434 g/mol. The van der Waals surface area contributed by atoms with Crippen LogP contribution in [-0.2, 0) is 19.5 Å². The van der Waals surface area contributed by atoms with Crippen LogP contribution in [0.5, 0.6) is 0 Å². The molecule has 0 radical (unpaired) electrons. The van der Waals surface area contributed by atoms with Crippen molar-refractivity contribution >= 4 is 22.9 Å². The second-order valence-electron chi connectivity index (χ2n) is 8.19. The molecule has 5 heteroatoms. The highest BCUT2D eigenvalue weighted by Gasteiger charge is 2.16. The first-order chi connectivity index (χ1) is 15.2. The summed E-state index contributed by atoms with van der Waals surface area (Å²) in [5, 5.41) is 5.15. The smallest absolute Gasteiger partial charge is 0.255 e. The van der Waals surface area contributed by atoms with Gasteiger partial charge in [-0.3, -0.25) is 14.6 Å². The maximum Gasteiger partial charge on any atom is 0.255 e. The Morgan fingerprint density at radius 2 is 1.55 bits per heavy atom. The van der Waals surface area contributed by atoms with Gasteiger partial charge < -0.3 is 5.32 Å². The number of hydrogen-bond donors (Lipinski definition) is 1. The molecular formula is C26H31N3OS. The maximum absolute atomic E-state index is 12.6. The van der Waals surface area contributed by atoms with Crippen molar-refractivity contribution in [3.8, 4) is 0 Å². The molecule has 3 aromatic rings. The molecule has 2 heterocycles. The molecule has 0 bridgehead atoms. The molecule has 1 saturated heterocycles. The van der Waals surface area contributed by atoms with Crippen LogP contribution in [-0.4, -0.2) is 41.9 Å². The van der Waals surface area contributed by atoms with Gasteiger partial charge in [0, 0.05) is 42.3 Å². The number of nitrogens with one attached hydrogen (secondary N) is 1. The van der Waals surface area contributed by atoms with Crippen LogP contribution in [0.1, 0.15) is 39.7 Å². The second-order valence-corrected chi connectivity index (χ2v) is 9.22. The van der Waals surface area contributed by atoms with Crippen LogP contribution in [0.25, 0.3) is 0 Å². The number of aryl methyl sites for hydroxylation is 1. The minimum Gasteiger partial charge on any atom is -0.322 e. The van der Waals surface area contributed by atoms with Gasteiger partial charge >= 0.3 is 0 Å². The van der Waals surface area contributed by atoms with Gasteiger partial charge in [-0.25, -0.2) is 0 Å². The first-order valence-electron chi connectivity index (χ1n) is 11.2. The van der Waals surface area contributed by atoms with Crippen LogP contribution >= 0.6 is 11.3 Å². The number of carbonyl (C=O) groups is 1. The largest absolute Gasteiger partial charge is 0.322 e. The Morgan fingerprint density at radius 1 is 0.871 bits per heavy atom. The zero-order chi connectivity index (χ0) is 21.5. The van der Waals surface area contributed by atoms with E-state index in [9.17, 15) is 4.79 Å². The normalized spacial score (nSPS) is 15.5. The van der Waals surface area contributed by atoms with Crippen LogP contribution in [0.4, 0.5) is 5.69 Å². The summed E-state index contributed by atoms with van der Waals surface area (Å²) in [6.45, 7) is 8.60. The van der Waals surface area contributed by atoms with Gasteiger partial charge in [0.05, 0.1) is 0 Å². The summed E-state index contributed by atoms with van der Waals surface area (Å²) in [6.07, 6.45) is 2.20. The number of nitrogens with zero attached hydrogens (tertiary/aromatic N) is 2. The Morgan fingerprint density at radius 3 is 2.19 bits per heavy atom. The van der Waals surface area contributed by atoms with Crippen molar-refractivity contribution in [1.82, 2.24) is 9.80 Å². The Bertz CT molecular complexity index is 951. The monoisotopic (exact) mass is 433 g/mol. The van der Waals surface area contributed by atoms with Crippen molar-refractivity contribution in [1.29, 1.82) is 0 Å². The van der Waals surface area contributed by atoms with Gasteiger partial charge in [0.25, 0.3) is 5.91 Å². The van der Waals surface area contributed by atoms with Crippen molar-refractivity contribution in [2.24, 2.45) is 0 Å². The number of rotatable bonds is 7. The van der Waals surface area contributed by atoms with E-state index in [-0.39, 0.29) is 5.91 Å². The quantitative estimate of drug-likeness (QED) is 0.551. The van der Waals surface area contributed by atoms with Crippen LogP contribution in [0.15, 0.2) is 66.0 Å². The molecule has 0 atom stereocenters. The van der Waals surface area contributed by atoms with Gasteiger partial charge in [0.15, 0.2) is 0 Å². The molecule has 1 N–H and O–H groups in total. The minimum absolute atomic E-state index is 0.0604. The van der Waals surface area contributed by atoms with Crippen molar-refractivity contribution in [3.05, 3.63) is 87.6 Å². The maximum atomic E-state index is 12.6. The van der Waals surface area contributed by atoms with E-state index in [1.165, 1.54) is 22.4 Å². The molecular weight excluding hydrogens is 402 g/mol. The lowest BCUT2D eigenvalue weighted by atomic mass is 10.1. The van der Waals surface area contributed by atoms with Crippen molar-refractivity contribution < 1.29 is 4.79 Å². The average Bonchev–Trinajstić information content (AvgIpc) is 3.21. The zero-order valence-electron chi connectivity index (χ0n) is 18.2. The van der Waals surface area contributed by atoms with Gasteiger partial charge in [-0.2, -0.15) is 0 Å². The Labute approximate surface area is 189 Å². The molecule has 1 aromatic heterocycles. The lowest BCUT2D eigenvalue weighted by molar-refractivity contribution is 0.102. The highest BCUT2D eigenvalue weighted by Crippen LogP contribution is 2.16. The summed E-state index contributed by atoms with van der Waals surface area (Å²) in [5.74, 6) is -0.0604. The summed E-state index contributed by atoms with van der Waals surface area (Å²) in [6, 6.07) is 20.5. The van der Waals surface area contributed by atoms with Gasteiger partial charge in [-0.15, -0.1) is 11.3 Å². The third-order valence-corrected chi connectivity index (χ3v) is 6.74. The molecule has 1 aliphatic heterocycles. The number of amides is 1. The molecule has 0 spiro atoms. The lowest BCUT2D eigenvalue weighted by Gasteiger charge is -2.21. The topological polar surface area (TPSA) is 35.6 Å². The molecule has 0 aliphatic carbocycles. The van der Waals surface area contributed by atoms with Crippen LogP contribution in [0.3, 0.4) is 0 Å². The summed E-state index contributed by atoms with van der Waals surface area (Å²) in [4.78, 5) is 19.1. The number of benzene rings is 2. The third-order valence-electron chi connectivity index (χ3n) is 5.88. The van der Waals surface area contributed by atoms with E-state index in [2.05, 4.69) is 63.8 Å². The summed E-state index contributed by atoms with van der Waals surface area (Å²) in [7, 11) is 0. The first kappa shape index (κ1) is 21.8. The van der Waals surface area contributed by atoms with Crippen LogP contribution < -0.4 is 5.32 Å². The molecule has 4 rings (SSSR count). The van der Waals surface area contributed by atoms with Crippen LogP contribution in [0, 0.1) is 0 Å². The summed E-state index contributed by atoms with van der Waals surface area (Å²) in [5.41, 5.74) is 4.06. The third kappa shape index (κ3) is 6.26. The number of hydrogen-bond acceptors (Lipinski definition) is 4. The van der Waals surface area contributed by atoms with Gasteiger partial charge in [0.2, 0.25) is 0 Å². The predicted octanol–water partition coefficient (Wildman–Crippen LogP) is 5.27. The number of carbonyl (C=O) groups excluding carboxylic acids is 1. The van der Waals surface area contributed by atoms with Crippen molar-refractivity contribution in [2.45, 2.75) is 32.9 Å². The second kappa shape index (κ2) is 10.7. The van der Waals surface area contributed by atoms with E-state index in [4.69, 9.17) is 0 Å². The Kier molecular flexibility index (Phi) is 7.52. The van der Waals surface area contributed by atoms with Crippen molar-refractivity contribution in [3.63, 3.8) is 0 Å². The molecule has 0 saturated carbocycles. The fraction of sp³-hybridized carbons (Fsp3) is 0.346. The molecule has 4 nitrogen and oxygen atoms in total.